The topological polar surface area (TPSA) is 83.1 Å². The van der Waals surface area contributed by atoms with Crippen molar-refractivity contribution < 1.29 is 9.59 Å². The van der Waals surface area contributed by atoms with Crippen molar-refractivity contribution in [1.82, 2.24) is 15.6 Å². The molecule has 130 valence electrons. The zero-order chi connectivity index (χ0) is 17.8. The molecule has 6 heteroatoms. The SMILES string of the molecule is C[C@H](NC(=O)N[C@@H](C)c1ccccn1)c1ccc2c(c1)CCC(=O)N2. The Labute approximate surface area is 147 Å². The van der Waals surface area contributed by atoms with Gasteiger partial charge in [0.05, 0.1) is 17.8 Å². The highest BCUT2D eigenvalue weighted by Crippen LogP contribution is 2.26. The van der Waals surface area contributed by atoms with Crippen molar-refractivity contribution in [3.05, 3.63) is 59.4 Å². The second-order valence-corrected chi connectivity index (χ2v) is 6.28. The lowest BCUT2D eigenvalue weighted by molar-refractivity contribution is -0.116. The van der Waals surface area contributed by atoms with Gasteiger partial charge in [0.15, 0.2) is 0 Å². The second-order valence-electron chi connectivity index (χ2n) is 6.28. The second kappa shape index (κ2) is 7.34. The Morgan fingerprint density at radius 2 is 1.92 bits per heavy atom. The number of urea groups is 1. The number of anilines is 1. The van der Waals surface area contributed by atoms with Gasteiger partial charge in [0.2, 0.25) is 5.91 Å². The van der Waals surface area contributed by atoms with E-state index in [-0.39, 0.29) is 24.0 Å². The first kappa shape index (κ1) is 17.0. The number of hydrogen-bond donors (Lipinski definition) is 3. The largest absolute Gasteiger partial charge is 0.332 e. The summed E-state index contributed by atoms with van der Waals surface area (Å²) in [6.07, 6.45) is 2.94. The molecule has 2 aromatic rings. The molecule has 2 heterocycles. The van der Waals surface area contributed by atoms with E-state index in [1.807, 2.05) is 50.2 Å². The molecule has 0 spiro atoms. The summed E-state index contributed by atoms with van der Waals surface area (Å²) in [6, 6.07) is 10.9. The minimum Gasteiger partial charge on any atom is -0.332 e. The van der Waals surface area contributed by atoms with Gasteiger partial charge < -0.3 is 16.0 Å². The van der Waals surface area contributed by atoms with Crippen LogP contribution in [-0.2, 0) is 11.2 Å². The number of hydrogen-bond acceptors (Lipinski definition) is 3. The monoisotopic (exact) mass is 338 g/mol. The summed E-state index contributed by atoms with van der Waals surface area (Å²) in [6.45, 7) is 3.84. The Morgan fingerprint density at radius 1 is 1.12 bits per heavy atom. The van der Waals surface area contributed by atoms with E-state index in [4.69, 9.17) is 0 Å². The molecule has 0 bridgehead atoms. The molecule has 1 aliphatic rings. The summed E-state index contributed by atoms with van der Waals surface area (Å²) in [5.41, 5.74) is 3.79. The predicted octanol–water partition coefficient (Wildman–Crippen LogP) is 3.09. The van der Waals surface area contributed by atoms with Gasteiger partial charge in [-0.1, -0.05) is 18.2 Å². The van der Waals surface area contributed by atoms with Crippen LogP contribution in [0.2, 0.25) is 0 Å². The van der Waals surface area contributed by atoms with Crippen LogP contribution in [-0.4, -0.2) is 16.9 Å². The van der Waals surface area contributed by atoms with Crippen LogP contribution in [0.3, 0.4) is 0 Å². The average Bonchev–Trinajstić information content (AvgIpc) is 2.61. The number of aromatic nitrogens is 1. The molecule has 0 radical (unpaired) electrons. The van der Waals surface area contributed by atoms with Crippen LogP contribution in [0.5, 0.6) is 0 Å². The molecule has 2 atom stereocenters. The summed E-state index contributed by atoms with van der Waals surface area (Å²) in [5, 5.41) is 8.71. The van der Waals surface area contributed by atoms with E-state index in [1.54, 1.807) is 6.20 Å². The van der Waals surface area contributed by atoms with Crippen LogP contribution in [0, 0.1) is 0 Å². The van der Waals surface area contributed by atoms with Gasteiger partial charge in [-0.3, -0.25) is 9.78 Å². The molecule has 1 aromatic heterocycles. The van der Waals surface area contributed by atoms with Crippen LogP contribution >= 0.6 is 0 Å². The number of nitrogens with zero attached hydrogens (tertiary/aromatic N) is 1. The van der Waals surface area contributed by atoms with Crippen molar-refractivity contribution in [2.45, 2.75) is 38.8 Å². The van der Waals surface area contributed by atoms with E-state index in [2.05, 4.69) is 20.9 Å². The van der Waals surface area contributed by atoms with E-state index in [0.29, 0.717) is 6.42 Å². The van der Waals surface area contributed by atoms with Gasteiger partial charge in [-0.25, -0.2) is 4.79 Å². The first-order valence-corrected chi connectivity index (χ1v) is 8.43. The highest BCUT2D eigenvalue weighted by molar-refractivity contribution is 5.93. The number of carbonyl (C=O) groups is 2. The lowest BCUT2D eigenvalue weighted by Crippen LogP contribution is -2.38. The Morgan fingerprint density at radius 3 is 2.68 bits per heavy atom. The molecule has 1 aromatic carbocycles. The summed E-state index contributed by atoms with van der Waals surface area (Å²) in [4.78, 5) is 27.9. The van der Waals surface area contributed by atoms with E-state index in [9.17, 15) is 9.59 Å². The smallest absolute Gasteiger partial charge is 0.315 e. The summed E-state index contributed by atoms with van der Waals surface area (Å²) < 4.78 is 0. The average molecular weight is 338 g/mol. The Balaban J connectivity index is 1.61. The number of carbonyl (C=O) groups excluding carboxylic acids is 2. The van der Waals surface area contributed by atoms with Crippen molar-refractivity contribution in [1.29, 1.82) is 0 Å². The van der Waals surface area contributed by atoms with Gasteiger partial charge in [0.1, 0.15) is 0 Å². The standard InChI is InChI=1S/C19H22N4O2/c1-12(14-6-8-17-15(11-14)7-9-18(24)23-17)21-19(25)22-13(2)16-5-3-4-10-20-16/h3-6,8,10-13H,7,9H2,1-2H3,(H,23,24)(H2,21,22,25)/t12-,13-/m0/s1. The number of benzene rings is 1. The first-order chi connectivity index (χ1) is 12.0. The molecule has 0 aliphatic carbocycles. The number of aryl methyl sites for hydroxylation is 1. The van der Waals surface area contributed by atoms with Crippen LogP contribution < -0.4 is 16.0 Å². The zero-order valence-corrected chi connectivity index (χ0v) is 14.4. The van der Waals surface area contributed by atoms with Crippen LogP contribution in [0.15, 0.2) is 42.6 Å². The van der Waals surface area contributed by atoms with E-state index < -0.39 is 0 Å². The van der Waals surface area contributed by atoms with Gasteiger partial charge in [-0.2, -0.15) is 0 Å². The van der Waals surface area contributed by atoms with Crippen LogP contribution in [0.25, 0.3) is 0 Å². The molecular formula is C19H22N4O2. The molecule has 25 heavy (non-hydrogen) atoms. The summed E-state index contributed by atoms with van der Waals surface area (Å²) in [7, 11) is 0. The zero-order valence-electron chi connectivity index (χ0n) is 14.4. The molecular weight excluding hydrogens is 316 g/mol. The number of nitrogens with one attached hydrogen (secondary N) is 3. The quantitative estimate of drug-likeness (QED) is 0.801. The van der Waals surface area contributed by atoms with E-state index in [1.165, 1.54) is 0 Å². The molecule has 1 aliphatic heterocycles. The van der Waals surface area contributed by atoms with Crippen molar-refractivity contribution in [3.8, 4) is 0 Å². The molecule has 0 saturated heterocycles. The molecule has 0 unspecified atom stereocenters. The van der Waals surface area contributed by atoms with Gasteiger partial charge in [0, 0.05) is 18.3 Å². The Hall–Kier alpha value is -2.89. The predicted molar refractivity (Wildman–Crippen MR) is 96.1 cm³/mol. The summed E-state index contributed by atoms with van der Waals surface area (Å²) in [5.74, 6) is 0.0503. The van der Waals surface area contributed by atoms with Crippen LogP contribution in [0.4, 0.5) is 10.5 Å². The highest BCUT2D eigenvalue weighted by Gasteiger charge is 2.18. The van der Waals surface area contributed by atoms with Crippen molar-refractivity contribution in [2.75, 3.05) is 5.32 Å². The van der Waals surface area contributed by atoms with E-state index >= 15 is 0 Å². The van der Waals surface area contributed by atoms with Gasteiger partial charge >= 0.3 is 6.03 Å². The van der Waals surface area contributed by atoms with Gasteiger partial charge in [0.25, 0.3) is 0 Å². The first-order valence-electron chi connectivity index (χ1n) is 8.43. The normalized spacial score (nSPS) is 15.5. The molecule has 0 saturated carbocycles. The molecule has 3 N–H and O–H groups in total. The van der Waals surface area contributed by atoms with Gasteiger partial charge in [-0.15, -0.1) is 0 Å². The molecule has 3 rings (SSSR count). The third-order valence-corrected chi connectivity index (χ3v) is 4.35. The van der Waals surface area contributed by atoms with E-state index in [0.717, 1.165) is 28.9 Å². The third-order valence-electron chi connectivity index (χ3n) is 4.35. The number of rotatable bonds is 4. The minimum absolute atomic E-state index is 0.0503. The lowest BCUT2D eigenvalue weighted by atomic mass is 9.98. The molecule has 0 fully saturated rings. The number of pyridine rings is 1. The fraction of sp³-hybridized carbons (Fsp3) is 0.316. The Kier molecular flexibility index (Phi) is 4.97. The van der Waals surface area contributed by atoms with Gasteiger partial charge in [-0.05, 0) is 49.6 Å². The minimum atomic E-state index is -0.239. The summed E-state index contributed by atoms with van der Waals surface area (Å²) >= 11 is 0. The third kappa shape index (κ3) is 4.15. The van der Waals surface area contributed by atoms with Crippen LogP contribution in [0.1, 0.15) is 49.2 Å². The fourth-order valence-corrected chi connectivity index (χ4v) is 2.90. The number of fused-ring (bicyclic) bond motifs is 1. The lowest BCUT2D eigenvalue weighted by Gasteiger charge is -2.21. The molecule has 6 nitrogen and oxygen atoms in total. The Bertz CT molecular complexity index is 776. The van der Waals surface area contributed by atoms with Crippen molar-refractivity contribution in [3.63, 3.8) is 0 Å². The maximum absolute atomic E-state index is 12.2. The fourth-order valence-electron chi connectivity index (χ4n) is 2.90. The molecule has 3 amide bonds. The number of amides is 3. The van der Waals surface area contributed by atoms with Crippen molar-refractivity contribution >= 4 is 17.6 Å². The van der Waals surface area contributed by atoms with Crippen molar-refractivity contribution in [2.24, 2.45) is 0 Å². The maximum Gasteiger partial charge on any atom is 0.315 e. The highest BCUT2D eigenvalue weighted by atomic mass is 16.2. The maximum atomic E-state index is 12.2.